The summed E-state index contributed by atoms with van der Waals surface area (Å²) in [6.45, 7) is 1.59. The second-order valence-electron chi connectivity index (χ2n) is 7.19. The molecule has 4 aliphatic rings. The molecule has 4 bridgehead atoms. The minimum absolute atomic E-state index is 0.0724. The number of carbonyl (C=O) groups is 1. The lowest BCUT2D eigenvalue weighted by Crippen LogP contribution is -2.60. The van der Waals surface area contributed by atoms with Crippen LogP contribution in [0.5, 0.6) is 0 Å². The van der Waals surface area contributed by atoms with Crippen LogP contribution in [0.4, 0.5) is 17.6 Å². The van der Waals surface area contributed by atoms with Crippen molar-refractivity contribution in [2.75, 3.05) is 0 Å². The molecule has 4 aliphatic carbocycles. The SMILES string of the molecule is CC1(OC(=O)C(F)(SOO[O-])C(F)(F)F)C2CC3CC(C2)CC1C3. The molecule has 1 unspecified atom stereocenters. The second-order valence-corrected chi connectivity index (χ2v) is 8.06. The fourth-order valence-corrected chi connectivity index (χ4v) is 5.14. The standard InChI is InChI=1S/C14H18F4O5S/c1-12(9-3-7-2-8(5-9)6-10(12)4-7)21-11(19)13(15,14(16,17)18)24-23-22-20/h7-10,20H,2-6H2,1H3/p-1. The van der Waals surface area contributed by atoms with Gasteiger partial charge in [0.05, 0.1) is 12.0 Å². The quantitative estimate of drug-likeness (QED) is 0.243. The van der Waals surface area contributed by atoms with Gasteiger partial charge in [-0.05, 0) is 62.7 Å². The Morgan fingerprint density at radius 3 is 2.00 bits per heavy atom. The van der Waals surface area contributed by atoms with E-state index in [0.717, 1.165) is 32.1 Å². The monoisotopic (exact) mass is 373 g/mol. The Morgan fingerprint density at radius 2 is 1.58 bits per heavy atom. The zero-order valence-corrected chi connectivity index (χ0v) is 13.6. The summed E-state index contributed by atoms with van der Waals surface area (Å²) in [6.07, 6.45) is -1.41. The third-order valence-electron chi connectivity index (χ3n) is 5.88. The molecule has 0 aromatic carbocycles. The molecular weight excluding hydrogens is 356 g/mol. The Kier molecular flexibility index (Phi) is 4.55. The molecule has 0 heterocycles. The van der Waals surface area contributed by atoms with Crippen LogP contribution in [0.2, 0.25) is 0 Å². The van der Waals surface area contributed by atoms with Gasteiger partial charge in [-0.25, -0.2) is 9.18 Å². The van der Waals surface area contributed by atoms with E-state index in [2.05, 4.69) is 9.37 Å². The van der Waals surface area contributed by atoms with Gasteiger partial charge in [-0.2, -0.15) is 17.5 Å². The van der Waals surface area contributed by atoms with E-state index < -0.39 is 34.8 Å². The highest BCUT2D eigenvalue weighted by Gasteiger charge is 2.68. The van der Waals surface area contributed by atoms with Crippen LogP contribution in [0, 0.1) is 23.7 Å². The summed E-state index contributed by atoms with van der Waals surface area (Å²) >= 11 is -1.04. The number of hydrogen-bond donors (Lipinski definition) is 0. The second kappa shape index (κ2) is 6.00. The van der Waals surface area contributed by atoms with Gasteiger partial charge in [0.25, 0.3) is 0 Å². The average molecular weight is 373 g/mol. The van der Waals surface area contributed by atoms with E-state index in [1.807, 2.05) is 0 Å². The van der Waals surface area contributed by atoms with Crippen LogP contribution in [-0.4, -0.2) is 22.7 Å². The van der Waals surface area contributed by atoms with Crippen molar-refractivity contribution in [1.29, 1.82) is 0 Å². The molecule has 4 rings (SSSR count). The van der Waals surface area contributed by atoms with Gasteiger partial charge in [0.15, 0.2) is 0 Å². The molecule has 4 saturated carbocycles. The maximum Gasteiger partial charge on any atom is 0.446 e. The van der Waals surface area contributed by atoms with Gasteiger partial charge in [0.2, 0.25) is 0 Å². The zero-order chi connectivity index (χ0) is 17.8. The van der Waals surface area contributed by atoms with Crippen molar-refractivity contribution < 1.29 is 41.7 Å². The minimum Gasteiger partial charge on any atom is -0.691 e. The van der Waals surface area contributed by atoms with Gasteiger partial charge >= 0.3 is 17.1 Å². The van der Waals surface area contributed by atoms with Crippen molar-refractivity contribution in [3.63, 3.8) is 0 Å². The highest BCUT2D eigenvalue weighted by Crippen LogP contribution is 2.60. The van der Waals surface area contributed by atoms with Crippen LogP contribution < -0.4 is 5.26 Å². The zero-order valence-electron chi connectivity index (χ0n) is 12.8. The molecule has 0 aromatic rings. The molecule has 0 amide bonds. The molecule has 5 nitrogen and oxygen atoms in total. The molecule has 10 heteroatoms. The molecule has 1 atom stereocenters. The topological polar surface area (TPSA) is 67.8 Å². The van der Waals surface area contributed by atoms with E-state index in [1.165, 1.54) is 0 Å². The third-order valence-corrected chi connectivity index (χ3v) is 6.63. The van der Waals surface area contributed by atoms with Gasteiger partial charge in [-0.3, -0.25) is 5.04 Å². The number of ether oxygens (including phenoxy) is 1. The van der Waals surface area contributed by atoms with Crippen LogP contribution in [0.15, 0.2) is 0 Å². The van der Waals surface area contributed by atoms with E-state index in [1.54, 1.807) is 6.92 Å². The van der Waals surface area contributed by atoms with Crippen molar-refractivity contribution in [2.24, 2.45) is 23.7 Å². The first-order chi connectivity index (χ1) is 11.1. The average Bonchev–Trinajstić information content (AvgIpc) is 2.48. The third kappa shape index (κ3) is 2.81. The Morgan fingerprint density at radius 1 is 1.08 bits per heavy atom. The lowest BCUT2D eigenvalue weighted by molar-refractivity contribution is -0.777. The summed E-state index contributed by atoms with van der Waals surface area (Å²) in [5.74, 6) is -1.24. The van der Waals surface area contributed by atoms with Gasteiger partial charge in [0.1, 0.15) is 5.60 Å². The van der Waals surface area contributed by atoms with Gasteiger partial charge in [-0.1, -0.05) is 0 Å². The molecule has 138 valence electrons. The summed E-state index contributed by atoms with van der Waals surface area (Å²) in [5, 5.41) is 7.99. The van der Waals surface area contributed by atoms with Gasteiger partial charge in [0, 0.05) is 0 Å². The molecule has 0 aliphatic heterocycles. The van der Waals surface area contributed by atoms with Crippen molar-refractivity contribution in [3.05, 3.63) is 0 Å². The molecule has 0 aromatic heterocycles. The van der Waals surface area contributed by atoms with E-state index in [4.69, 9.17) is 4.74 Å². The number of carbonyl (C=O) groups excluding carboxylic acids is 1. The van der Waals surface area contributed by atoms with Crippen LogP contribution >= 0.6 is 12.0 Å². The van der Waals surface area contributed by atoms with Crippen LogP contribution in [-0.2, 0) is 18.9 Å². The fraction of sp³-hybridized carbons (Fsp3) is 0.929. The minimum atomic E-state index is -5.62. The number of rotatable bonds is 5. The summed E-state index contributed by atoms with van der Waals surface area (Å²) in [4.78, 5) is 12.0. The first kappa shape index (κ1) is 18.2. The summed E-state index contributed by atoms with van der Waals surface area (Å²) < 4.78 is 61.8. The lowest BCUT2D eigenvalue weighted by Gasteiger charge is -2.59. The number of halogens is 4. The van der Waals surface area contributed by atoms with Crippen LogP contribution in [0.3, 0.4) is 0 Å². The van der Waals surface area contributed by atoms with Crippen molar-refractivity contribution in [2.45, 2.75) is 55.8 Å². The number of esters is 1. The fourth-order valence-electron chi connectivity index (χ4n) is 4.81. The Bertz CT molecular complexity index is 486. The molecule has 0 N–H and O–H groups in total. The normalized spacial score (nSPS) is 40.4. The molecule has 24 heavy (non-hydrogen) atoms. The molecule has 4 fully saturated rings. The van der Waals surface area contributed by atoms with Crippen LogP contribution in [0.1, 0.15) is 39.0 Å². The van der Waals surface area contributed by atoms with E-state index in [9.17, 15) is 27.6 Å². The molecular formula is C14H17F4O5S-. The smallest absolute Gasteiger partial charge is 0.446 e. The maximum absolute atomic E-state index is 14.3. The van der Waals surface area contributed by atoms with Crippen LogP contribution in [0.25, 0.3) is 0 Å². The predicted octanol–water partition coefficient (Wildman–Crippen LogP) is 2.84. The number of hydrogen-bond acceptors (Lipinski definition) is 6. The predicted molar refractivity (Wildman–Crippen MR) is 71.2 cm³/mol. The number of alkyl halides is 4. The summed E-state index contributed by atoms with van der Waals surface area (Å²) in [5.41, 5.74) is -1.13. The van der Waals surface area contributed by atoms with Gasteiger partial charge < -0.3 is 9.99 Å². The largest absolute Gasteiger partial charge is 0.691 e. The highest BCUT2D eigenvalue weighted by molar-refractivity contribution is 7.96. The lowest BCUT2D eigenvalue weighted by atomic mass is 9.50. The Labute approximate surface area is 140 Å². The molecule has 0 saturated heterocycles. The Balaban J connectivity index is 1.79. The van der Waals surface area contributed by atoms with E-state index in [0.29, 0.717) is 11.8 Å². The molecule has 0 spiro atoms. The maximum atomic E-state index is 14.3. The first-order valence-corrected chi connectivity index (χ1v) is 8.47. The van der Waals surface area contributed by atoms with Gasteiger partial charge in [-0.15, -0.1) is 0 Å². The summed E-state index contributed by atoms with van der Waals surface area (Å²) in [6, 6.07) is 0. The van der Waals surface area contributed by atoms with E-state index in [-0.39, 0.29) is 11.8 Å². The van der Waals surface area contributed by atoms with E-state index >= 15 is 0 Å². The van der Waals surface area contributed by atoms with Crippen molar-refractivity contribution in [1.82, 2.24) is 0 Å². The first-order valence-electron chi connectivity index (χ1n) is 7.73. The summed E-state index contributed by atoms with van der Waals surface area (Å²) in [7, 11) is 0. The van der Waals surface area contributed by atoms with Crippen molar-refractivity contribution in [3.8, 4) is 0 Å². The highest BCUT2D eigenvalue weighted by atomic mass is 32.2. The van der Waals surface area contributed by atoms with Crippen molar-refractivity contribution >= 4 is 18.0 Å². The Hall–Kier alpha value is -0.580. The molecule has 0 radical (unpaired) electrons.